The summed E-state index contributed by atoms with van der Waals surface area (Å²) in [6.45, 7) is 1.87. The zero-order valence-electron chi connectivity index (χ0n) is 14.2. The molecule has 2 bridgehead atoms. The Morgan fingerprint density at radius 1 is 1.12 bits per heavy atom. The SMILES string of the molecule is CC12C(=O)N(c3ccc([N+](=O)[O-])c4ccccc34)C(=O)N1C1CCC2C1. The lowest BCUT2D eigenvalue weighted by Gasteiger charge is -2.35. The van der Waals surface area contributed by atoms with Crippen LogP contribution in [-0.4, -0.2) is 33.3 Å². The molecule has 2 aromatic carbocycles. The highest BCUT2D eigenvalue weighted by Gasteiger charge is 2.67. The van der Waals surface area contributed by atoms with Crippen molar-refractivity contribution in [2.75, 3.05) is 4.90 Å². The molecule has 3 atom stereocenters. The van der Waals surface area contributed by atoms with Crippen LogP contribution in [0.3, 0.4) is 0 Å². The number of hydrogen-bond donors (Lipinski definition) is 0. The van der Waals surface area contributed by atoms with Gasteiger partial charge in [-0.05, 0) is 44.2 Å². The molecule has 2 aliphatic heterocycles. The largest absolute Gasteiger partial charge is 0.332 e. The third-order valence-corrected chi connectivity index (χ3v) is 6.41. The van der Waals surface area contributed by atoms with E-state index in [1.165, 1.54) is 17.0 Å². The van der Waals surface area contributed by atoms with E-state index >= 15 is 0 Å². The molecule has 0 spiro atoms. The third-order valence-electron chi connectivity index (χ3n) is 6.41. The van der Waals surface area contributed by atoms with Gasteiger partial charge < -0.3 is 4.90 Å². The number of benzene rings is 2. The fraction of sp³-hybridized carbons (Fsp3) is 0.368. The number of carbonyl (C=O) groups is 2. The summed E-state index contributed by atoms with van der Waals surface area (Å²) in [6.07, 6.45) is 2.79. The van der Waals surface area contributed by atoms with E-state index in [-0.39, 0.29) is 29.6 Å². The van der Waals surface area contributed by atoms with E-state index in [4.69, 9.17) is 0 Å². The van der Waals surface area contributed by atoms with Crippen molar-refractivity contribution in [2.24, 2.45) is 5.92 Å². The monoisotopic (exact) mass is 351 g/mol. The van der Waals surface area contributed by atoms with Gasteiger partial charge in [-0.15, -0.1) is 0 Å². The van der Waals surface area contributed by atoms with Crippen molar-refractivity contribution in [1.29, 1.82) is 0 Å². The molecule has 2 heterocycles. The summed E-state index contributed by atoms with van der Waals surface area (Å²) in [5, 5.41) is 12.3. The Kier molecular flexibility index (Phi) is 2.83. The van der Waals surface area contributed by atoms with Gasteiger partial charge in [-0.1, -0.05) is 18.2 Å². The highest BCUT2D eigenvalue weighted by molar-refractivity contribution is 6.26. The predicted octanol–water partition coefficient (Wildman–Crippen LogP) is 3.46. The Morgan fingerprint density at radius 3 is 2.54 bits per heavy atom. The summed E-state index contributed by atoms with van der Waals surface area (Å²) in [5.74, 6) is -0.0213. The first-order valence-electron chi connectivity index (χ1n) is 8.78. The van der Waals surface area contributed by atoms with Crippen molar-refractivity contribution >= 4 is 34.1 Å². The van der Waals surface area contributed by atoms with Crippen LogP contribution < -0.4 is 4.90 Å². The van der Waals surface area contributed by atoms with Crippen LogP contribution in [0.25, 0.3) is 10.8 Å². The Labute approximate surface area is 149 Å². The molecule has 1 aliphatic carbocycles. The van der Waals surface area contributed by atoms with Crippen molar-refractivity contribution in [1.82, 2.24) is 4.90 Å². The van der Waals surface area contributed by atoms with Gasteiger partial charge in [0, 0.05) is 17.5 Å². The smallest absolute Gasteiger partial charge is 0.306 e. The molecule has 3 aliphatic rings. The number of amides is 3. The normalized spacial score (nSPS) is 29.7. The minimum Gasteiger partial charge on any atom is -0.306 e. The highest BCUT2D eigenvalue weighted by atomic mass is 16.6. The number of piperidine rings is 1. The molecule has 5 rings (SSSR count). The van der Waals surface area contributed by atoms with Crippen LogP contribution in [-0.2, 0) is 4.79 Å². The van der Waals surface area contributed by atoms with Gasteiger partial charge in [0.15, 0.2) is 0 Å². The molecule has 7 nitrogen and oxygen atoms in total. The second-order valence-electron chi connectivity index (χ2n) is 7.51. The van der Waals surface area contributed by atoms with Crippen molar-refractivity contribution in [3.8, 4) is 0 Å². The first-order valence-corrected chi connectivity index (χ1v) is 8.78. The zero-order valence-corrected chi connectivity index (χ0v) is 14.2. The van der Waals surface area contributed by atoms with E-state index in [9.17, 15) is 19.7 Å². The van der Waals surface area contributed by atoms with Crippen LogP contribution in [0.15, 0.2) is 36.4 Å². The first kappa shape index (κ1) is 15.3. The van der Waals surface area contributed by atoms with E-state index in [0.717, 1.165) is 19.3 Å². The van der Waals surface area contributed by atoms with Gasteiger partial charge in [-0.2, -0.15) is 0 Å². The number of anilines is 1. The number of urea groups is 1. The van der Waals surface area contributed by atoms with Gasteiger partial charge in [0.25, 0.3) is 11.6 Å². The molecule has 0 aromatic heterocycles. The van der Waals surface area contributed by atoms with Crippen molar-refractivity contribution < 1.29 is 14.5 Å². The molecule has 2 saturated heterocycles. The molecule has 0 N–H and O–H groups in total. The minimum atomic E-state index is -0.789. The summed E-state index contributed by atoms with van der Waals surface area (Å²) >= 11 is 0. The van der Waals surface area contributed by atoms with Gasteiger partial charge in [-0.3, -0.25) is 14.9 Å². The van der Waals surface area contributed by atoms with Crippen molar-refractivity contribution in [3.63, 3.8) is 0 Å². The molecule has 132 valence electrons. The third kappa shape index (κ3) is 1.63. The van der Waals surface area contributed by atoms with Gasteiger partial charge in [0.05, 0.1) is 16.0 Å². The fourth-order valence-corrected chi connectivity index (χ4v) is 5.17. The Morgan fingerprint density at radius 2 is 1.85 bits per heavy atom. The molecular formula is C19H17N3O4. The molecule has 0 radical (unpaired) electrons. The number of nitro groups is 1. The van der Waals surface area contributed by atoms with E-state index in [1.54, 1.807) is 29.2 Å². The quantitative estimate of drug-likeness (QED) is 0.471. The van der Waals surface area contributed by atoms with Crippen LogP contribution in [0.2, 0.25) is 0 Å². The molecule has 3 amide bonds. The van der Waals surface area contributed by atoms with Crippen LogP contribution in [0.4, 0.5) is 16.2 Å². The number of fused-ring (bicyclic) bond motifs is 6. The van der Waals surface area contributed by atoms with Crippen molar-refractivity contribution in [2.45, 2.75) is 37.8 Å². The predicted molar refractivity (Wildman–Crippen MR) is 94.9 cm³/mol. The maximum Gasteiger partial charge on any atom is 0.332 e. The van der Waals surface area contributed by atoms with Gasteiger partial charge in [0.1, 0.15) is 5.54 Å². The molecule has 1 saturated carbocycles. The maximum atomic E-state index is 13.3. The lowest BCUT2D eigenvalue weighted by Crippen LogP contribution is -2.51. The average Bonchev–Trinajstić information content (AvgIpc) is 3.26. The second-order valence-corrected chi connectivity index (χ2v) is 7.51. The Balaban J connectivity index is 1.70. The molecule has 26 heavy (non-hydrogen) atoms. The lowest BCUT2D eigenvalue weighted by molar-refractivity contribution is -0.383. The highest BCUT2D eigenvalue weighted by Crippen LogP contribution is 2.54. The second kappa shape index (κ2) is 4.81. The van der Waals surface area contributed by atoms with Crippen LogP contribution in [0.1, 0.15) is 26.2 Å². The number of non-ortho nitro benzene ring substituents is 1. The number of carbonyl (C=O) groups excluding carboxylic acids is 2. The number of nitrogens with zero attached hydrogens (tertiary/aromatic N) is 3. The minimum absolute atomic E-state index is 0.0322. The summed E-state index contributed by atoms with van der Waals surface area (Å²) < 4.78 is 0. The molecule has 3 unspecified atom stereocenters. The summed E-state index contributed by atoms with van der Waals surface area (Å²) in [6, 6.07) is 9.55. The maximum absolute atomic E-state index is 13.3. The molecule has 3 fully saturated rings. The zero-order chi connectivity index (χ0) is 18.2. The number of hydrogen-bond acceptors (Lipinski definition) is 4. The average molecular weight is 351 g/mol. The van der Waals surface area contributed by atoms with E-state index in [0.29, 0.717) is 16.5 Å². The van der Waals surface area contributed by atoms with E-state index in [1.807, 2.05) is 6.92 Å². The van der Waals surface area contributed by atoms with Crippen LogP contribution in [0, 0.1) is 16.0 Å². The topological polar surface area (TPSA) is 83.8 Å². The Hall–Kier alpha value is -2.96. The van der Waals surface area contributed by atoms with E-state index < -0.39 is 10.5 Å². The number of imide groups is 1. The number of nitro benzene ring substituents is 1. The first-order chi connectivity index (χ1) is 12.4. The van der Waals surface area contributed by atoms with Gasteiger partial charge >= 0.3 is 6.03 Å². The number of rotatable bonds is 2. The Bertz CT molecular complexity index is 1000. The van der Waals surface area contributed by atoms with Crippen LogP contribution in [0.5, 0.6) is 0 Å². The molecular weight excluding hydrogens is 334 g/mol. The summed E-state index contributed by atoms with van der Waals surface area (Å²) in [4.78, 5) is 40.3. The molecule has 2 aromatic rings. The van der Waals surface area contributed by atoms with Gasteiger partial charge in [0.2, 0.25) is 0 Å². The molecule has 7 heteroatoms. The van der Waals surface area contributed by atoms with E-state index in [2.05, 4.69) is 0 Å². The fourth-order valence-electron chi connectivity index (χ4n) is 5.17. The summed E-state index contributed by atoms with van der Waals surface area (Å²) in [7, 11) is 0. The van der Waals surface area contributed by atoms with Gasteiger partial charge in [-0.25, -0.2) is 9.69 Å². The summed E-state index contributed by atoms with van der Waals surface area (Å²) in [5.41, 5.74) is -0.394. The van der Waals surface area contributed by atoms with Crippen molar-refractivity contribution in [3.05, 3.63) is 46.5 Å². The van der Waals surface area contributed by atoms with Crippen LogP contribution >= 0.6 is 0 Å². The standard InChI is InChI=1S/C19H17N3O4/c1-19-11-6-7-12(10-11)21(19)18(24)20(17(19)23)15-8-9-16(22(25)26)14-5-3-2-4-13(14)15/h2-5,8-9,11-12H,6-7,10H2,1H3. The lowest BCUT2D eigenvalue weighted by atomic mass is 9.85.